The fourth-order valence-corrected chi connectivity index (χ4v) is 3.20. The molecule has 0 radical (unpaired) electrons. The number of hydrogen-bond acceptors (Lipinski definition) is 4. The standard InChI is InChI=1S/C18H27N5/c1-22(2)14-17(10-15-6-4-3-5-7-15)19-11-16-12-20-18-8-9-21-23(18)13-16/h3-9,16-17,19-20H,10-14H2,1-2H3/t16-,17+/m0/s1. The molecule has 3 rings (SSSR count). The third-order valence-electron chi connectivity index (χ3n) is 4.33. The van der Waals surface area contributed by atoms with Gasteiger partial charge in [-0.15, -0.1) is 0 Å². The van der Waals surface area contributed by atoms with Crippen molar-refractivity contribution in [2.45, 2.75) is 19.0 Å². The minimum atomic E-state index is 0.464. The molecular formula is C18H27N5. The molecular weight excluding hydrogens is 286 g/mol. The summed E-state index contributed by atoms with van der Waals surface area (Å²) in [4.78, 5) is 2.26. The second kappa shape index (κ2) is 7.62. The Balaban J connectivity index is 1.54. The summed E-state index contributed by atoms with van der Waals surface area (Å²) in [5, 5.41) is 11.6. The van der Waals surface area contributed by atoms with E-state index in [0.717, 1.165) is 38.4 Å². The van der Waals surface area contributed by atoms with Gasteiger partial charge in [0.05, 0.1) is 6.20 Å². The van der Waals surface area contributed by atoms with Crippen LogP contribution in [-0.2, 0) is 13.0 Å². The number of fused-ring (bicyclic) bond motifs is 1. The number of aromatic nitrogens is 2. The van der Waals surface area contributed by atoms with E-state index in [9.17, 15) is 0 Å². The first-order valence-electron chi connectivity index (χ1n) is 8.38. The molecule has 23 heavy (non-hydrogen) atoms. The summed E-state index contributed by atoms with van der Waals surface area (Å²) in [6, 6.07) is 13.2. The van der Waals surface area contributed by atoms with Crippen molar-refractivity contribution >= 4 is 5.82 Å². The largest absolute Gasteiger partial charge is 0.370 e. The number of rotatable bonds is 7. The fraction of sp³-hybridized carbons (Fsp3) is 0.500. The van der Waals surface area contributed by atoms with Crippen LogP contribution in [0.15, 0.2) is 42.6 Å². The number of anilines is 1. The van der Waals surface area contributed by atoms with Crippen LogP contribution in [0.3, 0.4) is 0 Å². The molecule has 1 aromatic heterocycles. The van der Waals surface area contributed by atoms with Crippen LogP contribution in [0.2, 0.25) is 0 Å². The Bertz CT molecular complexity index is 592. The molecule has 0 aliphatic carbocycles. The van der Waals surface area contributed by atoms with E-state index in [1.54, 1.807) is 0 Å². The molecule has 1 aliphatic heterocycles. The Morgan fingerprint density at radius 1 is 1.30 bits per heavy atom. The van der Waals surface area contributed by atoms with E-state index in [1.165, 1.54) is 5.56 Å². The van der Waals surface area contributed by atoms with E-state index in [1.807, 2.05) is 12.3 Å². The summed E-state index contributed by atoms with van der Waals surface area (Å²) >= 11 is 0. The lowest BCUT2D eigenvalue weighted by Crippen LogP contribution is -2.44. The molecule has 2 aromatic rings. The van der Waals surface area contributed by atoms with Crippen LogP contribution >= 0.6 is 0 Å². The van der Waals surface area contributed by atoms with Crippen molar-refractivity contribution in [3.63, 3.8) is 0 Å². The van der Waals surface area contributed by atoms with Crippen LogP contribution in [0.1, 0.15) is 5.56 Å². The maximum absolute atomic E-state index is 4.37. The van der Waals surface area contributed by atoms with Crippen LogP contribution in [0.5, 0.6) is 0 Å². The molecule has 1 aromatic carbocycles. The Kier molecular flexibility index (Phi) is 5.31. The number of nitrogens with zero attached hydrogens (tertiary/aromatic N) is 3. The average molecular weight is 313 g/mol. The lowest BCUT2D eigenvalue weighted by Gasteiger charge is -2.28. The Morgan fingerprint density at radius 2 is 2.13 bits per heavy atom. The van der Waals surface area contributed by atoms with E-state index in [2.05, 4.69) is 69.7 Å². The number of likely N-dealkylation sites (N-methyl/N-ethyl adjacent to an activating group) is 1. The summed E-state index contributed by atoms with van der Waals surface area (Å²) in [6.45, 7) is 4.06. The van der Waals surface area contributed by atoms with Crippen molar-refractivity contribution in [1.82, 2.24) is 20.0 Å². The van der Waals surface area contributed by atoms with Crippen LogP contribution in [0.25, 0.3) is 0 Å². The molecule has 2 atom stereocenters. The molecule has 0 unspecified atom stereocenters. The second-order valence-electron chi connectivity index (χ2n) is 6.70. The normalized spacial score (nSPS) is 18.5. The monoisotopic (exact) mass is 313 g/mol. The quantitative estimate of drug-likeness (QED) is 0.816. The van der Waals surface area contributed by atoms with Crippen LogP contribution < -0.4 is 10.6 Å². The van der Waals surface area contributed by atoms with E-state index in [-0.39, 0.29) is 0 Å². The van der Waals surface area contributed by atoms with Gasteiger partial charge in [0.1, 0.15) is 5.82 Å². The highest BCUT2D eigenvalue weighted by atomic mass is 15.3. The highest BCUT2D eigenvalue weighted by Gasteiger charge is 2.19. The lowest BCUT2D eigenvalue weighted by atomic mass is 10.0. The zero-order chi connectivity index (χ0) is 16.1. The van der Waals surface area contributed by atoms with Gasteiger partial charge in [0.15, 0.2) is 0 Å². The van der Waals surface area contributed by atoms with Gasteiger partial charge in [-0.25, -0.2) is 4.68 Å². The second-order valence-corrected chi connectivity index (χ2v) is 6.70. The van der Waals surface area contributed by atoms with Gasteiger partial charge >= 0.3 is 0 Å². The molecule has 0 saturated heterocycles. The average Bonchev–Trinajstić information content (AvgIpc) is 3.01. The molecule has 0 fully saturated rings. The van der Waals surface area contributed by atoms with Crippen LogP contribution in [0.4, 0.5) is 5.82 Å². The van der Waals surface area contributed by atoms with Crippen LogP contribution in [-0.4, -0.2) is 54.5 Å². The Morgan fingerprint density at radius 3 is 2.91 bits per heavy atom. The van der Waals surface area contributed by atoms with Gasteiger partial charge in [0, 0.05) is 44.2 Å². The Hall–Kier alpha value is -1.85. The van der Waals surface area contributed by atoms with Gasteiger partial charge in [0.25, 0.3) is 0 Å². The van der Waals surface area contributed by atoms with Gasteiger partial charge < -0.3 is 15.5 Å². The zero-order valence-electron chi connectivity index (χ0n) is 14.1. The van der Waals surface area contributed by atoms with E-state index in [0.29, 0.717) is 12.0 Å². The maximum atomic E-state index is 4.37. The van der Waals surface area contributed by atoms with Gasteiger partial charge in [-0.1, -0.05) is 30.3 Å². The lowest BCUT2D eigenvalue weighted by molar-refractivity contribution is 0.309. The Labute approximate surface area is 138 Å². The molecule has 0 bridgehead atoms. The fourth-order valence-electron chi connectivity index (χ4n) is 3.20. The molecule has 0 saturated carbocycles. The summed E-state index contributed by atoms with van der Waals surface area (Å²) in [5.74, 6) is 1.71. The van der Waals surface area contributed by atoms with Gasteiger partial charge in [-0.3, -0.25) is 0 Å². The van der Waals surface area contributed by atoms with E-state index >= 15 is 0 Å². The third kappa shape index (κ3) is 4.56. The first-order valence-corrected chi connectivity index (χ1v) is 8.38. The summed E-state index contributed by atoms with van der Waals surface area (Å²) in [7, 11) is 4.27. The van der Waals surface area contributed by atoms with Crippen molar-refractivity contribution in [1.29, 1.82) is 0 Å². The molecule has 2 heterocycles. The molecule has 124 valence electrons. The smallest absolute Gasteiger partial charge is 0.124 e. The molecule has 5 nitrogen and oxygen atoms in total. The highest BCUT2D eigenvalue weighted by molar-refractivity contribution is 5.35. The maximum Gasteiger partial charge on any atom is 0.124 e. The number of hydrogen-bond donors (Lipinski definition) is 2. The highest BCUT2D eigenvalue weighted by Crippen LogP contribution is 2.16. The molecule has 1 aliphatic rings. The third-order valence-corrected chi connectivity index (χ3v) is 4.33. The predicted octanol–water partition coefficient (Wildman–Crippen LogP) is 1.69. The van der Waals surface area contributed by atoms with E-state index in [4.69, 9.17) is 0 Å². The van der Waals surface area contributed by atoms with Crippen molar-refractivity contribution in [2.75, 3.05) is 39.0 Å². The van der Waals surface area contributed by atoms with Crippen molar-refractivity contribution < 1.29 is 0 Å². The zero-order valence-corrected chi connectivity index (χ0v) is 14.1. The minimum Gasteiger partial charge on any atom is -0.370 e. The number of nitrogens with one attached hydrogen (secondary N) is 2. The van der Waals surface area contributed by atoms with Crippen LogP contribution in [0, 0.1) is 5.92 Å². The first kappa shape index (κ1) is 16.0. The van der Waals surface area contributed by atoms with Gasteiger partial charge in [-0.05, 0) is 26.1 Å². The molecule has 2 N–H and O–H groups in total. The van der Waals surface area contributed by atoms with E-state index < -0.39 is 0 Å². The van der Waals surface area contributed by atoms with Gasteiger partial charge in [-0.2, -0.15) is 5.10 Å². The summed E-state index contributed by atoms with van der Waals surface area (Å²) in [6.07, 6.45) is 2.93. The summed E-state index contributed by atoms with van der Waals surface area (Å²) < 4.78 is 2.06. The molecule has 5 heteroatoms. The van der Waals surface area contributed by atoms with Crippen molar-refractivity contribution in [3.05, 3.63) is 48.2 Å². The van der Waals surface area contributed by atoms with Crippen molar-refractivity contribution in [3.8, 4) is 0 Å². The SMILES string of the molecule is CN(C)C[C@@H](Cc1ccccc1)NC[C@H]1CNc2ccnn2C1. The first-order chi connectivity index (χ1) is 11.2. The topological polar surface area (TPSA) is 45.1 Å². The predicted molar refractivity (Wildman–Crippen MR) is 94.7 cm³/mol. The van der Waals surface area contributed by atoms with Gasteiger partial charge in [0.2, 0.25) is 0 Å². The molecule has 0 spiro atoms. The molecule has 0 amide bonds. The number of benzene rings is 1. The van der Waals surface area contributed by atoms with Crippen molar-refractivity contribution in [2.24, 2.45) is 5.92 Å². The minimum absolute atomic E-state index is 0.464. The summed E-state index contributed by atoms with van der Waals surface area (Å²) in [5.41, 5.74) is 1.39.